The van der Waals surface area contributed by atoms with Crippen LogP contribution < -0.4 is 5.73 Å². The zero-order chi connectivity index (χ0) is 11.4. The van der Waals surface area contributed by atoms with Gasteiger partial charge in [0.25, 0.3) is 0 Å². The van der Waals surface area contributed by atoms with Crippen molar-refractivity contribution in [2.45, 2.75) is 26.3 Å². The molecule has 84 valence electrons. The third-order valence-electron chi connectivity index (χ3n) is 2.11. The molecule has 1 aromatic rings. The van der Waals surface area contributed by atoms with Crippen molar-refractivity contribution in [3.63, 3.8) is 0 Å². The van der Waals surface area contributed by atoms with Gasteiger partial charge >= 0.3 is 5.97 Å². The molecule has 0 saturated heterocycles. The van der Waals surface area contributed by atoms with Crippen LogP contribution >= 0.6 is 0 Å². The minimum atomic E-state index is -0.382. The molecule has 0 aliphatic heterocycles. The molecule has 1 aromatic heterocycles. The summed E-state index contributed by atoms with van der Waals surface area (Å²) in [6, 6.07) is -0.382. The van der Waals surface area contributed by atoms with E-state index in [1.54, 1.807) is 10.9 Å². The van der Waals surface area contributed by atoms with Crippen LogP contribution in [-0.4, -0.2) is 22.9 Å². The van der Waals surface area contributed by atoms with E-state index in [9.17, 15) is 4.79 Å². The van der Waals surface area contributed by atoms with Crippen molar-refractivity contribution in [1.29, 1.82) is 0 Å². The summed E-state index contributed by atoms with van der Waals surface area (Å²) in [5.74, 6) is 0.103. The van der Waals surface area contributed by atoms with Crippen LogP contribution in [0.1, 0.15) is 26.3 Å². The van der Waals surface area contributed by atoms with Crippen LogP contribution in [0.3, 0.4) is 0 Å². The van der Waals surface area contributed by atoms with Gasteiger partial charge in [-0.3, -0.25) is 4.68 Å². The molecule has 0 aromatic carbocycles. The van der Waals surface area contributed by atoms with Crippen LogP contribution in [-0.2, 0) is 9.53 Å². The average molecular weight is 211 g/mol. The fraction of sp³-hybridized carbons (Fsp3) is 0.600. The fourth-order valence-electron chi connectivity index (χ4n) is 1.42. The van der Waals surface area contributed by atoms with E-state index >= 15 is 0 Å². The van der Waals surface area contributed by atoms with Gasteiger partial charge < -0.3 is 10.5 Å². The molecule has 0 fully saturated rings. The molecule has 2 N–H and O–H groups in total. The summed E-state index contributed by atoms with van der Waals surface area (Å²) >= 11 is 0. The fourth-order valence-corrected chi connectivity index (χ4v) is 1.42. The summed E-state index contributed by atoms with van der Waals surface area (Å²) in [5, 5.41) is 4.03. The predicted octanol–water partition coefficient (Wildman–Crippen LogP) is 1.23. The van der Waals surface area contributed by atoms with E-state index in [2.05, 4.69) is 5.10 Å². The van der Waals surface area contributed by atoms with Crippen molar-refractivity contribution in [2.24, 2.45) is 5.92 Å². The summed E-state index contributed by atoms with van der Waals surface area (Å²) in [4.78, 5) is 11.5. The summed E-state index contributed by atoms with van der Waals surface area (Å²) < 4.78 is 6.29. The third-order valence-corrected chi connectivity index (χ3v) is 2.11. The minimum absolute atomic E-state index is 0.285. The van der Waals surface area contributed by atoms with E-state index in [0.717, 1.165) is 0 Å². The quantitative estimate of drug-likeness (QED) is 0.760. The summed E-state index contributed by atoms with van der Waals surface area (Å²) in [7, 11) is 1.38. The Bertz CT molecular complexity index is 333. The number of nitrogen functional groups attached to an aromatic ring is 1. The molecule has 0 aliphatic carbocycles. The SMILES string of the molecule is COC(=O)C(CC(C)C)n1cc(N)cn1. The second kappa shape index (κ2) is 4.82. The predicted molar refractivity (Wildman–Crippen MR) is 57.1 cm³/mol. The Balaban J connectivity index is 2.85. The largest absolute Gasteiger partial charge is 0.467 e. The smallest absolute Gasteiger partial charge is 0.330 e. The van der Waals surface area contributed by atoms with Crippen LogP contribution in [0.4, 0.5) is 5.69 Å². The Kier molecular flexibility index (Phi) is 3.71. The Morgan fingerprint density at radius 3 is 2.73 bits per heavy atom. The van der Waals surface area contributed by atoms with Gasteiger partial charge in [0.2, 0.25) is 0 Å². The molecule has 5 nitrogen and oxygen atoms in total. The highest BCUT2D eigenvalue weighted by Crippen LogP contribution is 2.19. The number of rotatable bonds is 4. The van der Waals surface area contributed by atoms with Gasteiger partial charge in [0, 0.05) is 6.20 Å². The second-order valence-electron chi connectivity index (χ2n) is 3.92. The second-order valence-corrected chi connectivity index (χ2v) is 3.92. The molecule has 0 saturated carbocycles. The van der Waals surface area contributed by atoms with E-state index in [4.69, 9.17) is 10.5 Å². The van der Waals surface area contributed by atoms with Crippen molar-refractivity contribution < 1.29 is 9.53 Å². The number of anilines is 1. The van der Waals surface area contributed by atoms with E-state index in [1.807, 2.05) is 13.8 Å². The van der Waals surface area contributed by atoms with Gasteiger partial charge in [-0.2, -0.15) is 5.10 Å². The molecule has 0 bridgehead atoms. The first-order valence-corrected chi connectivity index (χ1v) is 4.92. The maximum atomic E-state index is 11.5. The maximum absolute atomic E-state index is 11.5. The standard InChI is InChI=1S/C10H17N3O2/c1-7(2)4-9(10(14)15-3)13-6-8(11)5-12-13/h5-7,9H,4,11H2,1-3H3. The third kappa shape index (κ3) is 2.97. The number of esters is 1. The molecule has 1 unspecified atom stereocenters. The van der Waals surface area contributed by atoms with E-state index in [1.165, 1.54) is 13.3 Å². The number of nitrogens with zero attached hydrogens (tertiary/aromatic N) is 2. The number of hydrogen-bond acceptors (Lipinski definition) is 4. The first-order valence-electron chi connectivity index (χ1n) is 4.92. The Labute approximate surface area is 89.2 Å². The van der Waals surface area contributed by atoms with Crippen LogP contribution in [0.15, 0.2) is 12.4 Å². The van der Waals surface area contributed by atoms with Crippen molar-refractivity contribution in [1.82, 2.24) is 9.78 Å². The van der Waals surface area contributed by atoms with Crippen molar-refractivity contribution in [3.8, 4) is 0 Å². The number of ether oxygens (including phenoxy) is 1. The molecule has 1 rings (SSSR count). The highest BCUT2D eigenvalue weighted by molar-refractivity contribution is 5.74. The van der Waals surface area contributed by atoms with Crippen molar-refractivity contribution in [3.05, 3.63) is 12.4 Å². The number of methoxy groups -OCH3 is 1. The molecule has 0 amide bonds. The summed E-state index contributed by atoms with van der Waals surface area (Å²) in [6.07, 6.45) is 3.86. The van der Waals surface area contributed by atoms with Gasteiger partial charge in [-0.05, 0) is 12.3 Å². The van der Waals surface area contributed by atoms with Crippen LogP contribution in [0.5, 0.6) is 0 Å². The average Bonchev–Trinajstić information content (AvgIpc) is 2.59. The number of carbonyl (C=O) groups is 1. The molecule has 0 spiro atoms. The molecular formula is C10H17N3O2. The zero-order valence-corrected chi connectivity index (χ0v) is 9.30. The van der Waals surface area contributed by atoms with E-state index in [-0.39, 0.29) is 12.0 Å². The van der Waals surface area contributed by atoms with Crippen molar-refractivity contribution >= 4 is 11.7 Å². The normalized spacial score (nSPS) is 12.8. The van der Waals surface area contributed by atoms with Gasteiger partial charge in [-0.15, -0.1) is 0 Å². The first kappa shape index (κ1) is 11.6. The zero-order valence-electron chi connectivity index (χ0n) is 9.30. The molecule has 15 heavy (non-hydrogen) atoms. The summed E-state index contributed by atoms with van der Waals surface area (Å²) in [6.45, 7) is 4.09. The Morgan fingerprint density at radius 2 is 2.33 bits per heavy atom. The Morgan fingerprint density at radius 1 is 1.67 bits per heavy atom. The molecular weight excluding hydrogens is 194 g/mol. The van der Waals surface area contributed by atoms with Crippen molar-refractivity contribution in [2.75, 3.05) is 12.8 Å². The van der Waals surface area contributed by atoms with Gasteiger partial charge in [0.05, 0.1) is 19.0 Å². The lowest BCUT2D eigenvalue weighted by Gasteiger charge is -2.16. The van der Waals surface area contributed by atoms with E-state index < -0.39 is 0 Å². The van der Waals surface area contributed by atoms with Gasteiger partial charge in [-0.1, -0.05) is 13.8 Å². The Hall–Kier alpha value is -1.52. The monoisotopic (exact) mass is 211 g/mol. The number of hydrogen-bond donors (Lipinski definition) is 1. The number of carbonyl (C=O) groups excluding carboxylic acids is 1. The molecule has 5 heteroatoms. The maximum Gasteiger partial charge on any atom is 0.330 e. The highest BCUT2D eigenvalue weighted by atomic mass is 16.5. The molecule has 0 aliphatic rings. The molecule has 1 atom stereocenters. The van der Waals surface area contributed by atoms with Gasteiger partial charge in [0.1, 0.15) is 6.04 Å². The van der Waals surface area contributed by atoms with Gasteiger partial charge in [-0.25, -0.2) is 4.79 Å². The first-order chi connectivity index (χ1) is 7.04. The van der Waals surface area contributed by atoms with Crippen LogP contribution in [0.2, 0.25) is 0 Å². The molecule has 0 radical (unpaired) electrons. The minimum Gasteiger partial charge on any atom is -0.467 e. The highest BCUT2D eigenvalue weighted by Gasteiger charge is 2.22. The lowest BCUT2D eigenvalue weighted by Crippen LogP contribution is -2.23. The van der Waals surface area contributed by atoms with Crippen LogP contribution in [0, 0.1) is 5.92 Å². The summed E-state index contributed by atoms with van der Waals surface area (Å²) in [5.41, 5.74) is 6.10. The number of aromatic nitrogens is 2. The molecule has 1 heterocycles. The topological polar surface area (TPSA) is 70.1 Å². The number of nitrogens with two attached hydrogens (primary N) is 1. The van der Waals surface area contributed by atoms with E-state index in [0.29, 0.717) is 18.0 Å². The lowest BCUT2D eigenvalue weighted by atomic mass is 10.0. The lowest BCUT2D eigenvalue weighted by molar-refractivity contribution is -0.145. The van der Waals surface area contributed by atoms with Crippen LogP contribution in [0.25, 0.3) is 0 Å². The van der Waals surface area contributed by atoms with Gasteiger partial charge in [0.15, 0.2) is 0 Å².